The Bertz CT molecular complexity index is 655. The minimum absolute atomic E-state index is 0. The van der Waals surface area contributed by atoms with Crippen molar-refractivity contribution < 1.29 is 41.9 Å². The molecule has 9 heteroatoms. The van der Waals surface area contributed by atoms with E-state index in [0.717, 1.165) is 0 Å². The van der Waals surface area contributed by atoms with Gasteiger partial charge in [-0.2, -0.15) is 8.42 Å². The molecule has 0 saturated carbocycles. The maximum atomic E-state index is 12.4. The molecule has 0 spiro atoms. The molecule has 1 heterocycles. The van der Waals surface area contributed by atoms with E-state index in [1.54, 1.807) is 6.92 Å². The zero-order valence-corrected chi connectivity index (χ0v) is 14.0. The average molecular weight is 411 g/mol. The van der Waals surface area contributed by atoms with Gasteiger partial charge < -0.3 is 24.0 Å². The Hall–Kier alpha value is -1.23. The summed E-state index contributed by atoms with van der Waals surface area (Å²) in [6.07, 6.45) is 0. The van der Waals surface area contributed by atoms with E-state index in [-0.39, 0.29) is 34.6 Å². The van der Waals surface area contributed by atoms with Gasteiger partial charge in [0.25, 0.3) is 11.5 Å². The number of hydrogen-bond acceptors (Lipinski definition) is 4. The van der Waals surface area contributed by atoms with E-state index in [0.29, 0.717) is 18.9 Å². The van der Waals surface area contributed by atoms with Crippen molar-refractivity contribution in [3.8, 4) is 0 Å². The number of halogens is 1. The van der Waals surface area contributed by atoms with Crippen molar-refractivity contribution in [3.05, 3.63) is 34.4 Å². The first-order valence-electron chi connectivity index (χ1n) is 5.66. The van der Waals surface area contributed by atoms with Crippen molar-refractivity contribution in [2.24, 2.45) is 0 Å². The fourth-order valence-corrected chi connectivity index (χ4v) is 3.46. The van der Waals surface area contributed by atoms with Gasteiger partial charge >= 0.3 is 10.0 Å². The molecule has 20 heavy (non-hydrogen) atoms. The maximum Gasteiger partial charge on any atom is 0.330 e. The number of rotatable bonds is 3. The largest absolute Gasteiger partial charge is 1.00 e. The van der Waals surface area contributed by atoms with Crippen molar-refractivity contribution in [1.82, 2.24) is 4.31 Å². The molecule has 1 aromatic carbocycles. The Labute approximate surface area is 134 Å². The van der Waals surface area contributed by atoms with Crippen LogP contribution in [0.5, 0.6) is 0 Å². The van der Waals surface area contributed by atoms with E-state index in [4.69, 9.17) is 0 Å². The normalized spacial score (nSPS) is 15.2. The quantitative estimate of drug-likeness (QED) is 0.242. The molecule has 0 saturated heterocycles. The molecular formula is C11H14IN3O4S. The molecule has 0 aliphatic carbocycles. The van der Waals surface area contributed by atoms with Gasteiger partial charge in [0, 0.05) is 19.1 Å². The molecule has 1 aromatic rings. The lowest BCUT2D eigenvalue weighted by Crippen LogP contribution is -3.00. The average Bonchev–Trinajstić information content (AvgIpc) is 2.70. The lowest BCUT2D eigenvalue weighted by Gasteiger charge is -2.10. The first kappa shape index (κ1) is 16.8. The second-order valence-corrected chi connectivity index (χ2v) is 6.16. The lowest BCUT2D eigenvalue weighted by molar-refractivity contribution is -0.486. The van der Waals surface area contributed by atoms with Crippen LogP contribution in [0.4, 0.5) is 5.69 Å². The highest BCUT2D eigenvalue weighted by molar-refractivity contribution is 7.89. The number of benzene rings is 1. The Morgan fingerprint density at radius 2 is 1.85 bits per heavy atom. The van der Waals surface area contributed by atoms with Crippen LogP contribution in [0.25, 0.3) is 0 Å². The Kier molecular flexibility index (Phi) is 5.08. The summed E-state index contributed by atoms with van der Waals surface area (Å²) in [6.45, 7) is 2.76. The van der Waals surface area contributed by atoms with Crippen molar-refractivity contribution in [3.63, 3.8) is 0 Å². The first-order valence-corrected chi connectivity index (χ1v) is 7.10. The maximum absolute atomic E-state index is 12.4. The Morgan fingerprint density at radius 1 is 1.30 bits per heavy atom. The number of nitro benzene ring substituents is 1. The molecule has 7 nitrogen and oxygen atoms in total. The van der Waals surface area contributed by atoms with Crippen LogP contribution in [0.2, 0.25) is 0 Å². The minimum atomic E-state index is -3.63. The number of sulfonamides is 1. The smallest absolute Gasteiger partial charge is 0.330 e. The van der Waals surface area contributed by atoms with Crippen LogP contribution >= 0.6 is 0 Å². The van der Waals surface area contributed by atoms with Gasteiger partial charge in [-0.25, -0.2) is 0 Å². The minimum Gasteiger partial charge on any atom is -1.00 e. The van der Waals surface area contributed by atoms with E-state index in [1.165, 1.54) is 28.6 Å². The Balaban J connectivity index is 0.00000200. The van der Waals surface area contributed by atoms with Crippen molar-refractivity contribution in [1.29, 1.82) is 0 Å². The molecule has 1 aliphatic rings. The van der Waals surface area contributed by atoms with Gasteiger partial charge in [-0.3, -0.25) is 14.7 Å². The number of nitrogens with zero attached hydrogens (tertiary/aromatic N) is 3. The standard InChI is InChI=1S/C11H14N3O4S.HI/c1-9-12(2)7-8-13(9)19(17,18)11-5-3-10(4-6-11)14(15)16;/h3-6H,7-8H2,1-2H3;1H/q+1;/p-1. The number of nitro groups is 1. The second kappa shape index (κ2) is 6.04. The highest BCUT2D eigenvalue weighted by Gasteiger charge is 2.37. The molecule has 0 unspecified atom stereocenters. The van der Waals surface area contributed by atoms with Crippen molar-refractivity contribution >= 4 is 21.5 Å². The predicted octanol–water partition coefficient (Wildman–Crippen LogP) is -2.34. The zero-order valence-electron chi connectivity index (χ0n) is 11.0. The van der Waals surface area contributed by atoms with Gasteiger partial charge in [0.15, 0.2) is 0 Å². The predicted molar refractivity (Wildman–Crippen MR) is 68.7 cm³/mol. The van der Waals surface area contributed by atoms with Crippen LogP contribution < -0.4 is 24.0 Å². The van der Waals surface area contributed by atoms with Crippen LogP contribution in [0, 0.1) is 10.1 Å². The summed E-state index contributed by atoms with van der Waals surface area (Å²) in [6, 6.07) is 4.92. The lowest BCUT2D eigenvalue weighted by atomic mass is 10.3. The fourth-order valence-electron chi connectivity index (χ4n) is 1.92. The number of non-ortho nitro benzene ring substituents is 1. The van der Waals surface area contributed by atoms with Crippen LogP contribution in [0.15, 0.2) is 29.2 Å². The van der Waals surface area contributed by atoms with Crippen LogP contribution in [0.3, 0.4) is 0 Å². The van der Waals surface area contributed by atoms with Crippen LogP contribution in [0.1, 0.15) is 6.92 Å². The molecule has 110 valence electrons. The molecule has 0 bridgehead atoms. The summed E-state index contributed by atoms with van der Waals surface area (Å²) in [5.41, 5.74) is -0.127. The van der Waals surface area contributed by atoms with Gasteiger partial charge in [-0.1, -0.05) is 0 Å². The number of hydrogen-bond donors (Lipinski definition) is 0. The Morgan fingerprint density at radius 3 is 2.25 bits per heavy atom. The van der Waals surface area contributed by atoms with Gasteiger partial charge in [0.1, 0.15) is 18.0 Å². The van der Waals surface area contributed by atoms with Crippen LogP contribution in [-0.2, 0) is 10.0 Å². The summed E-state index contributed by atoms with van der Waals surface area (Å²) >= 11 is 0. The SMILES string of the molecule is CC1=[N+](C)CCN1S(=O)(=O)c1ccc([N+](=O)[O-])cc1.[I-]. The van der Waals surface area contributed by atoms with E-state index >= 15 is 0 Å². The van der Waals surface area contributed by atoms with E-state index in [9.17, 15) is 18.5 Å². The third kappa shape index (κ3) is 2.92. The van der Waals surface area contributed by atoms with E-state index in [2.05, 4.69) is 0 Å². The topological polar surface area (TPSA) is 83.5 Å². The summed E-state index contributed by atoms with van der Waals surface area (Å²) in [4.78, 5) is 10.1. The van der Waals surface area contributed by atoms with Crippen LogP contribution in [-0.4, -0.2) is 48.2 Å². The third-order valence-corrected chi connectivity index (χ3v) is 5.08. The molecular weight excluding hydrogens is 397 g/mol. The third-order valence-electron chi connectivity index (χ3n) is 3.19. The first-order chi connectivity index (χ1) is 8.84. The summed E-state index contributed by atoms with van der Waals surface area (Å²) in [7, 11) is -1.81. The molecule has 0 amide bonds. The van der Waals surface area contributed by atoms with E-state index < -0.39 is 14.9 Å². The monoisotopic (exact) mass is 411 g/mol. The number of likely N-dealkylation sites (N-methyl/N-ethyl adjacent to an activating group) is 1. The molecule has 0 radical (unpaired) electrons. The van der Waals surface area contributed by atoms with E-state index in [1.807, 2.05) is 11.6 Å². The number of amidine groups is 1. The summed E-state index contributed by atoms with van der Waals surface area (Å²) in [5, 5.41) is 10.5. The van der Waals surface area contributed by atoms with Gasteiger partial charge in [-0.05, 0) is 12.1 Å². The zero-order chi connectivity index (χ0) is 14.2. The van der Waals surface area contributed by atoms with Gasteiger partial charge in [-0.15, -0.1) is 4.31 Å². The summed E-state index contributed by atoms with van der Waals surface area (Å²) in [5.74, 6) is 0.651. The molecule has 0 atom stereocenters. The highest BCUT2D eigenvalue weighted by atomic mass is 127. The van der Waals surface area contributed by atoms with Gasteiger partial charge in [0.2, 0.25) is 0 Å². The van der Waals surface area contributed by atoms with Gasteiger partial charge in [0.05, 0.1) is 12.0 Å². The molecule has 0 aromatic heterocycles. The second-order valence-electron chi connectivity index (χ2n) is 4.30. The molecule has 2 rings (SSSR count). The fraction of sp³-hybridized carbons (Fsp3) is 0.364. The summed E-state index contributed by atoms with van der Waals surface area (Å²) < 4.78 is 27.9. The highest BCUT2D eigenvalue weighted by Crippen LogP contribution is 2.21. The van der Waals surface area contributed by atoms with Crippen molar-refractivity contribution in [2.75, 3.05) is 20.1 Å². The molecule has 0 fully saturated rings. The van der Waals surface area contributed by atoms with Crippen molar-refractivity contribution in [2.45, 2.75) is 11.8 Å². The molecule has 0 N–H and O–H groups in total. The molecule has 1 aliphatic heterocycles.